The Labute approximate surface area is 119 Å². The van der Waals surface area contributed by atoms with Crippen molar-refractivity contribution in [2.24, 2.45) is 5.92 Å². The van der Waals surface area contributed by atoms with E-state index < -0.39 is 10.0 Å². The standard InChI is InChI=1S/C13H22N2O2S2/c1-10-4-5-11(2)15(8-10)19(16,17)13-6-12(7-14-3)18-9-13/h6,9-11,14H,4-5,7-8H2,1-3H3. The first-order valence-corrected chi connectivity index (χ1v) is 9.01. The summed E-state index contributed by atoms with van der Waals surface area (Å²) in [6.45, 7) is 5.48. The third kappa shape index (κ3) is 3.18. The van der Waals surface area contributed by atoms with Crippen molar-refractivity contribution < 1.29 is 8.42 Å². The monoisotopic (exact) mass is 302 g/mol. The van der Waals surface area contributed by atoms with Crippen LogP contribution in [0.15, 0.2) is 16.3 Å². The Morgan fingerprint density at radius 3 is 2.84 bits per heavy atom. The Bertz CT molecular complexity index is 525. The van der Waals surface area contributed by atoms with Crippen LogP contribution in [0.3, 0.4) is 0 Å². The van der Waals surface area contributed by atoms with E-state index in [1.54, 1.807) is 15.8 Å². The lowest BCUT2D eigenvalue weighted by atomic mass is 9.97. The van der Waals surface area contributed by atoms with Crippen molar-refractivity contribution in [3.05, 3.63) is 16.3 Å². The van der Waals surface area contributed by atoms with Gasteiger partial charge in [0, 0.05) is 29.4 Å². The van der Waals surface area contributed by atoms with Crippen molar-refractivity contribution in [2.75, 3.05) is 13.6 Å². The van der Waals surface area contributed by atoms with Gasteiger partial charge in [-0.2, -0.15) is 4.31 Å². The molecular formula is C13H22N2O2S2. The zero-order chi connectivity index (χ0) is 14.0. The van der Waals surface area contributed by atoms with Crippen molar-refractivity contribution in [1.29, 1.82) is 0 Å². The van der Waals surface area contributed by atoms with Crippen LogP contribution in [-0.4, -0.2) is 32.4 Å². The maximum atomic E-state index is 12.7. The number of hydrogen-bond acceptors (Lipinski definition) is 4. The number of thiophene rings is 1. The number of piperidine rings is 1. The van der Waals surface area contributed by atoms with Crippen molar-refractivity contribution in [1.82, 2.24) is 9.62 Å². The molecule has 2 unspecified atom stereocenters. The molecule has 0 bridgehead atoms. The van der Waals surface area contributed by atoms with Gasteiger partial charge in [0.2, 0.25) is 10.0 Å². The highest BCUT2D eigenvalue weighted by molar-refractivity contribution is 7.89. The molecule has 0 spiro atoms. The summed E-state index contributed by atoms with van der Waals surface area (Å²) in [7, 11) is -1.46. The van der Waals surface area contributed by atoms with E-state index in [0.29, 0.717) is 23.9 Å². The fourth-order valence-corrected chi connectivity index (χ4v) is 5.54. The summed E-state index contributed by atoms with van der Waals surface area (Å²) in [6, 6.07) is 1.90. The van der Waals surface area contributed by atoms with Crippen LogP contribution < -0.4 is 5.32 Å². The number of rotatable bonds is 4. The molecule has 6 heteroatoms. The second-order valence-electron chi connectivity index (χ2n) is 5.39. The fourth-order valence-electron chi connectivity index (χ4n) is 2.48. The lowest BCUT2D eigenvalue weighted by Gasteiger charge is -2.35. The molecule has 1 aliphatic rings. The fraction of sp³-hybridized carbons (Fsp3) is 0.692. The summed E-state index contributed by atoms with van der Waals surface area (Å²) in [5.74, 6) is 0.446. The Hall–Kier alpha value is -0.430. The number of nitrogens with one attached hydrogen (secondary N) is 1. The van der Waals surface area contributed by atoms with E-state index in [9.17, 15) is 8.42 Å². The molecule has 0 aliphatic carbocycles. The minimum absolute atomic E-state index is 0.105. The number of hydrogen-bond donors (Lipinski definition) is 1. The van der Waals surface area contributed by atoms with Gasteiger partial charge >= 0.3 is 0 Å². The van der Waals surface area contributed by atoms with Crippen LogP contribution in [0.5, 0.6) is 0 Å². The van der Waals surface area contributed by atoms with E-state index in [0.717, 1.165) is 17.7 Å². The Morgan fingerprint density at radius 1 is 1.42 bits per heavy atom. The molecule has 1 fully saturated rings. The van der Waals surface area contributed by atoms with Crippen LogP contribution in [0.4, 0.5) is 0 Å². The lowest BCUT2D eigenvalue weighted by molar-refractivity contribution is 0.218. The number of nitrogens with zero attached hydrogens (tertiary/aromatic N) is 1. The zero-order valence-corrected chi connectivity index (χ0v) is 13.4. The van der Waals surface area contributed by atoms with Gasteiger partial charge in [-0.1, -0.05) is 6.92 Å². The Balaban J connectivity index is 2.24. The summed E-state index contributed by atoms with van der Waals surface area (Å²) >= 11 is 1.50. The first-order chi connectivity index (χ1) is 8.95. The molecule has 1 aromatic rings. The quantitative estimate of drug-likeness (QED) is 0.928. The third-order valence-corrected chi connectivity index (χ3v) is 6.69. The summed E-state index contributed by atoms with van der Waals surface area (Å²) in [5.41, 5.74) is 0. The maximum absolute atomic E-state index is 12.7. The average molecular weight is 302 g/mol. The molecule has 0 amide bonds. The van der Waals surface area contributed by atoms with E-state index in [1.807, 2.05) is 14.0 Å². The molecular weight excluding hydrogens is 280 g/mol. The largest absolute Gasteiger partial charge is 0.315 e. The van der Waals surface area contributed by atoms with Gasteiger partial charge in [-0.3, -0.25) is 0 Å². The smallest absolute Gasteiger partial charge is 0.244 e. The first-order valence-electron chi connectivity index (χ1n) is 6.69. The molecule has 1 N–H and O–H groups in total. The Kier molecular flexibility index (Phi) is 4.66. The van der Waals surface area contributed by atoms with Crippen LogP contribution >= 0.6 is 11.3 Å². The highest BCUT2D eigenvalue weighted by Gasteiger charge is 2.33. The highest BCUT2D eigenvalue weighted by Crippen LogP contribution is 2.29. The number of sulfonamides is 1. The van der Waals surface area contributed by atoms with Gasteiger partial charge in [-0.15, -0.1) is 11.3 Å². The van der Waals surface area contributed by atoms with Crippen LogP contribution in [0, 0.1) is 5.92 Å². The first kappa shape index (κ1) is 15.0. The summed E-state index contributed by atoms with van der Waals surface area (Å²) < 4.78 is 27.0. The van der Waals surface area contributed by atoms with E-state index in [-0.39, 0.29) is 6.04 Å². The van der Waals surface area contributed by atoms with Gasteiger partial charge in [0.15, 0.2) is 0 Å². The van der Waals surface area contributed by atoms with Crippen molar-refractivity contribution in [2.45, 2.75) is 44.2 Å². The van der Waals surface area contributed by atoms with Gasteiger partial charge < -0.3 is 5.32 Å². The highest BCUT2D eigenvalue weighted by atomic mass is 32.2. The van der Waals surface area contributed by atoms with E-state index in [4.69, 9.17) is 0 Å². The second-order valence-corrected chi connectivity index (χ2v) is 8.27. The third-order valence-electron chi connectivity index (χ3n) is 3.65. The van der Waals surface area contributed by atoms with E-state index in [2.05, 4.69) is 12.2 Å². The average Bonchev–Trinajstić information content (AvgIpc) is 2.82. The van der Waals surface area contributed by atoms with Crippen molar-refractivity contribution >= 4 is 21.4 Å². The predicted molar refractivity (Wildman–Crippen MR) is 78.8 cm³/mol. The van der Waals surface area contributed by atoms with Gasteiger partial charge in [0.05, 0.1) is 4.90 Å². The minimum atomic E-state index is -3.33. The van der Waals surface area contributed by atoms with E-state index in [1.165, 1.54) is 11.3 Å². The molecule has 2 heterocycles. The molecule has 1 aliphatic heterocycles. The molecule has 19 heavy (non-hydrogen) atoms. The molecule has 4 nitrogen and oxygen atoms in total. The topological polar surface area (TPSA) is 49.4 Å². The normalized spacial score (nSPS) is 25.6. The molecule has 1 saturated heterocycles. The lowest BCUT2D eigenvalue weighted by Crippen LogP contribution is -2.44. The van der Waals surface area contributed by atoms with Crippen LogP contribution in [0.25, 0.3) is 0 Å². The second kappa shape index (κ2) is 5.91. The van der Waals surface area contributed by atoms with Crippen molar-refractivity contribution in [3.8, 4) is 0 Å². The summed E-state index contributed by atoms with van der Waals surface area (Å²) in [4.78, 5) is 1.50. The van der Waals surface area contributed by atoms with Crippen LogP contribution in [0.2, 0.25) is 0 Å². The molecule has 108 valence electrons. The van der Waals surface area contributed by atoms with Crippen LogP contribution in [0.1, 0.15) is 31.6 Å². The summed E-state index contributed by atoms with van der Waals surface area (Å²) in [5, 5.41) is 4.80. The molecule has 0 radical (unpaired) electrons. The molecule has 2 rings (SSSR count). The van der Waals surface area contributed by atoms with Gasteiger partial charge in [0.25, 0.3) is 0 Å². The van der Waals surface area contributed by atoms with Gasteiger partial charge in [-0.25, -0.2) is 8.42 Å². The van der Waals surface area contributed by atoms with Crippen molar-refractivity contribution in [3.63, 3.8) is 0 Å². The van der Waals surface area contributed by atoms with Crippen LogP contribution in [-0.2, 0) is 16.6 Å². The predicted octanol–water partition coefficient (Wildman–Crippen LogP) is 2.28. The molecule has 0 aromatic carbocycles. The van der Waals surface area contributed by atoms with Gasteiger partial charge in [0.1, 0.15) is 0 Å². The summed E-state index contributed by atoms with van der Waals surface area (Å²) in [6.07, 6.45) is 2.07. The minimum Gasteiger partial charge on any atom is -0.315 e. The molecule has 1 aromatic heterocycles. The van der Waals surface area contributed by atoms with Gasteiger partial charge in [-0.05, 0) is 38.8 Å². The Morgan fingerprint density at radius 2 is 2.16 bits per heavy atom. The van der Waals surface area contributed by atoms with E-state index >= 15 is 0 Å². The zero-order valence-electron chi connectivity index (χ0n) is 11.7. The molecule has 2 atom stereocenters. The maximum Gasteiger partial charge on any atom is 0.244 e. The SMILES string of the molecule is CNCc1cc(S(=O)(=O)N2CC(C)CCC2C)cs1. The molecule has 0 saturated carbocycles.